The number of nitrogens with zero attached hydrogens (tertiary/aromatic N) is 1. The van der Waals surface area contributed by atoms with Crippen molar-refractivity contribution >= 4 is 0 Å². The minimum atomic E-state index is -4.63. The lowest BCUT2D eigenvalue weighted by atomic mass is 9.99. The number of hydrogen-bond donors (Lipinski definition) is 1. The van der Waals surface area contributed by atoms with Crippen molar-refractivity contribution in [3.8, 4) is 5.75 Å². The van der Waals surface area contributed by atoms with Crippen LogP contribution in [-0.2, 0) is 6.42 Å². The largest absolute Gasteiger partial charge is 0.573 e. The zero-order valence-corrected chi connectivity index (χ0v) is 12.3. The van der Waals surface area contributed by atoms with Gasteiger partial charge in [0, 0.05) is 31.7 Å². The molecule has 1 fully saturated rings. The Balaban J connectivity index is 1.89. The number of nitrogens with one attached hydrogen (secondary N) is 1. The van der Waals surface area contributed by atoms with Crippen LogP contribution in [0.15, 0.2) is 24.3 Å². The summed E-state index contributed by atoms with van der Waals surface area (Å²) in [6, 6.07) is 6.12. The van der Waals surface area contributed by atoms with E-state index >= 15 is 0 Å². The molecule has 0 unspecified atom stereocenters. The molecule has 1 aliphatic rings. The molecule has 0 aromatic heterocycles. The fourth-order valence-electron chi connectivity index (χ4n) is 2.56. The number of piperazine rings is 1. The van der Waals surface area contributed by atoms with Gasteiger partial charge in [-0.1, -0.05) is 12.1 Å². The summed E-state index contributed by atoms with van der Waals surface area (Å²) in [5.74, 6) is -0.172. The van der Waals surface area contributed by atoms with Crippen LogP contribution in [0.1, 0.15) is 19.4 Å². The van der Waals surface area contributed by atoms with Crippen LogP contribution in [0.3, 0.4) is 0 Å². The first-order valence-corrected chi connectivity index (χ1v) is 7.07. The highest BCUT2D eigenvalue weighted by Crippen LogP contribution is 2.23. The quantitative estimate of drug-likeness (QED) is 0.925. The molecule has 0 radical (unpaired) electrons. The Labute approximate surface area is 123 Å². The second-order valence-electron chi connectivity index (χ2n) is 5.92. The molecule has 0 saturated carbocycles. The molecule has 0 atom stereocenters. The van der Waals surface area contributed by atoms with Gasteiger partial charge in [0.25, 0.3) is 0 Å². The molecular formula is C15H21F3N2O. The van der Waals surface area contributed by atoms with E-state index < -0.39 is 6.36 Å². The van der Waals surface area contributed by atoms with Gasteiger partial charge in [-0.05, 0) is 38.0 Å². The molecule has 1 saturated heterocycles. The smallest absolute Gasteiger partial charge is 0.406 e. The van der Waals surface area contributed by atoms with E-state index in [1.165, 1.54) is 12.1 Å². The van der Waals surface area contributed by atoms with E-state index in [-0.39, 0.29) is 11.3 Å². The number of halogens is 3. The van der Waals surface area contributed by atoms with Crippen molar-refractivity contribution in [1.29, 1.82) is 0 Å². The van der Waals surface area contributed by atoms with Gasteiger partial charge >= 0.3 is 6.36 Å². The molecule has 3 nitrogen and oxygen atoms in total. The van der Waals surface area contributed by atoms with Gasteiger partial charge in [0.15, 0.2) is 0 Å². The van der Waals surface area contributed by atoms with Gasteiger partial charge in [0.05, 0.1) is 0 Å². The first-order chi connectivity index (χ1) is 9.76. The molecule has 21 heavy (non-hydrogen) atoms. The first kappa shape index (κ1) is 16.1. The lowest BCUT2D eigenvalue weighted by molar-refractivity contribution is -0.274. The van der Waals surface area contributed by atoms with Gasteiger partial charge in [-0.3, -0.25) is 4.90 Å². The van der Waals surface area contributed by atoms with E-state index in [0.29, 0.717) is 0 Å². The Morgan fingerprint density at radius 2 is 1.90 bits per heavy atom. The zero-order valence-electron chi connectivity index (χ0n) is 12.3. The maximum atomic E-state index is 12.1. The van der Waals surface area contributed by atoms with Gasteiger partial charge in [-0.25, -0.2) is 0 Å². The Bertz CT molecular complexity index is 457. The van der Waals surface area contributed by atoms with Gasteiger partial charge in [-0.2, -0.15) is 0 Å². The van der Waals surface area contributed by atoms with Crippen molar-refractivity contribution in [3.05, 3.63) is 29.8 Å². The third-order valence-electron chi connectivity index (χ3n) is 3.80. The number of benzene rings is 1. The Morgan fingerprint density at radius 3 is 2.48 bits per heavy atom. The molecule has 1 aromatic rings. The van der Waals surface area contributed by atoms with E-state index in [1.54, 1.807) is 12.1 Å². The van der Waals surface area contributed by atoms with Crippen LogP contribution in [0.2, 0.25) is 0 Å². The molecule has 1 aromatic carbocycles. The third-order valence-corrected chi connectivity index (χ3v) is 3.80. The molecule has 118 valence electrons. The maximum Gasteiger partial charge on any atom is 0.573 e. The van der Waals surface area contributed by atoms with Crippen LogP contribution in [0, 0.1) is 0 Å². The number of hydrogen-bond acceptors (Lipinski definition) is 3. The van der Waals surface area contributed by atoms with Crippen LogP contribution < -0.4 is 10.1 Å². The summed E-state index contributed by atoms with van der Waals surface area (Å²) >= 11 is 0. The molecule has 1 heterocycles. The summed E-state index contributed by atoms with van der Waals surface area (Å²) in [6.45, 7) is 8.20. The van der Waals surface area contributed by atoms with Crippen molar-refractivity contribution in [1.82, 2.24) is 10.2 Å². The van der Waals surface area contributed by atoms with Gasteiger partial charge in [0.2, 0.25) is 0 Å². The summed E-state index contributed by atoms with van der Waals surface area (Å²) in [7, 11) is 0. The molecule has 0 bridgehead atoms. The molecular weight excluding hydrogens is 281 g/mol. The highest BCUT2D eigenvalue weighted by atomic mass is 19.4. The highest BCUT2D eigenvalue weighted by Gasteiger charge is 2.31. The van der Waals surface area contributed by atoms with Gasteiger partial charge in [0.1, 0.15) is 5.75 Å². The maximum absolute atomic E-state index is 12.1. The van der Waals surface area contributed by atoms with E-state index in [4.69, 9.17) is 0 Å². The van der Waals surface area contributed by atoms with Crippen molar-refractivity contribution in [3.63, 3.8) is 0 Å². The standard InChI is InChI=1S/C15H21F3N2O/c1-14(2)11-19-8-10-20(14)9-7-12-3-5-13(6-4-12)21-15(16,17)18/h3-6,19H,7-11H2,1-2H3. The van der Waals surface area contributed by atoms with Gasteiger partial charge in [-0.15, -0.1) is 13.2 Å². The van der Waals surface area contributed by atoms with E-state index in [2.05, 4.69) is 28.8 Å². The Kier molecular flexibility index (Phi) is 4.78. The van der Waals surface area contributed by atoms with Crippen LogP contribution in [0.4, 0.5) is 13.2 Å². The Morgan fingerprint density at radius 1 is 1.24 bits per heavy atom. The summed E-state index contributed by atoms with van der Waals surface area (Å²) in [4.78, 5) is 2.41. The SMILES string of the molecule is CC1(C)CNCCN1CCc1ccc(OC(F)(F)F)cc1. The van der Waals surface area contributed by atoms with Crippen LogP contribution in [0.25, 0.3) is 0 Å². The third kappa shape index (κ3) is 4.89. The molecule has 1 N–H and O–H groups in total. The molecule has 0 amide bonds. The van der Waals surface area contributed by atoms with E-state index in [9.17, 15) is 13.2 Å². The minimum Gasteiger partial charge on any atom is -0.406 e. The van der Waals surface area contributed by atoms with E-state index in [1.807, 2.05) is 0 Å². The normalized spacial score (nSPS) is 19.5. The molecule has 0 spiro atoms. The number of ether oxygens (including phenoxy) is 1. The Hall–Kier alpha value is -1.27. The predicted octanol–water partition coefficient (Wildman–Crippen LogP) is 2.81. The highest BCUT2D eigenvalue weighted by molar-refractivity contribution is 5.27. The summed E-state index contributed by atoms with van der Waals surface area (Å²) in [5.41, 5.74) is 1.12. The minimum absolute atomic E-state index is 0.109. The predicted molar refractivity (Wildman–Crippen MR) is 75.4 cm³/mol. The van der Waals surface area contributed by atoms with Crippen LogP contribution in [0.5, 0.6) is 5.75 Å². The average Bonchev–Trinajstić information content (AvgIpc) is 2.37. The molecule has 1 aliphatic heterocycles. The summed E-state index contributed by atoms with van der Waals surface area (Å²) < 4.78 is 40.1. The lowest BCUT2D eigenvalue weighted by Gasteiger charge is -2.43. The lowest BCUT2D eigenvalue weighted by Crippen LogP contribution is -2.58. The second-order valence-corrected chi connectivity index (χ2v) is 5.92. The molecule has 2 rings (SSSR count). The number of alkyl halides is 3. The monoisotopic (exact) mass is 302 g/mol. The van der Waals surface area contributed by atoms with Gasteiger partial charge < -0.3 is 10.1 Å². The van der Waals surface area contributed by atoms with Crippen molar-refractivity contribution in [2.45, 2.75) is 32.2 Å². The number of rotatable bonds is 4. The second kappa shape index (κ2) is 6.23. The van der Waals surface area contributed by atoms with Crippen LogP contribution in [-0.4, -0.2) is 43.0 Å². The summed E-state index contributed by atoms with van der Waals surface area (Å²) in [6.07, 6.45) is -3.82. The first-order valence-electron chi connectivity index (χ1n) is 7.07. The van der Waals surface area contributed by atoms with Crippen molar-refractivity contribution < 1.29 is 17.9 Å². The molecule has 6 heteroatoms. The zero-order chi connectivity index (χ0) is 15.5. The fourth-order valence-corrected chi connectivity index (χ4v) is 2.56. The average molecular weight is 302 g/mol. The fraction of sp³-hybridized carbons (Fsp3) is 0.600. The van der Waals surface area contributed by atoms with E-state index in [0.717, 1.165) is 38.2 Å². The van der Waals surface area contributed by atoms with Crippen molar-refractivity contribution in [2.75, 3.05) is 26.2 Å². The van der Waals surface area contributed by atoms with Crippen LogP contribution >= 0.6 is 0 Å². The summed E-state index contributed by atoms with van der Waals surface area (Å²) in [5, 5.41) is 3.37. The molecule has 0 aliphatic carbocycles. The topological polar surface area (TPSA) is 24.5 Å². The van der Waals surface area contributed by atoms with Crippen molar-refractivity contribution in [2.24, 2.45) is 0 Å².